The molecule has 0 aliphatic carbocycles. The Morgan fingerprint density at radius 2 is 1.62 bits per heavy atom. The van der Waals surface area contributed by atoms with Gasteiger partial charge in [-0.15, -0.1) is 0 Å². The number of aliphatic carboxylic acids is 1. The number of carboxylic acids is 1. The number of carbonyl (C=O) groups is 3. The van der Waals surface area contributed by atoms with Crippen molar-refractivity contribution in [1.82, 2.24) is 0 Å². The third kappa shape index (κ3) is 370. The Morgan fingerprint density at radius 1 is 1.38 bits per heavy atom. The second kappa shape index (κ2) is 16.8. The summed E-state index contributed by atoms with van der Waals surface area (Å²) >= 11 is 0. The van der Waals surface area contributed by atoms with Gasteiger partial charge in [0, 0.05) is 13.8 Å². The summed E-state index contributed by atoms with van der Waals surface area (Å²) in [6.45, 7) is 4.49. The summed E-state index contributed by atoms with van der Waals surface area (Å²) in [4.78, 5) is 27.2. The Balaban J connectivity index is -0.000000125. The fourth-order valence-corrected chi connectivity index (χ4v) is 0.203. The van der Waals surface area contributed by atoms with Crippen LogP contribution in [0.1, 0.15) is 20.8 Å². The van der Waals surface area contributed by atoms with E-state index >= 15 is 0 Å². The summed E-state index contributed by atoms with van der Waals surface area (Å²) in [5.41, 5.74) is 0. The monoisotopic (exact) mass is 194 g/mol. The third-order valence-electron chi connectivity index (χ3n) is 0.348. The predicted molar refractivity (Wildman–Crippen MR) is 44.3 cm³/mol. The van der Waals surface area contributed by atoms with Gasteiger partial charge >= 0.3 is 5.97 Å². The first-order chi connectivity index (χ1) is 5.92. The van der Waals surface area contributed by atoms with E-state index in [1.165, 1.54) is 6.92 Å². The minimum absolute atomic E-state index is 0.211. The van der Waals surface area contributed by atoms with E-state index in [9.17, 15) is 4.79 Å². The van der Waals surface area contributed by atoms with Gasteiger partial charge in [0.05, 0.1) is 6.61 Å². The molecule has 0 saturated carbocycles. The zero-order valence-electron chi connectivity index (χ0n) is 7.81. The average molecular weight is 194 g/mol. The van der Waals surface area contributed by atoms with Crippen molar-refractivity contribution in [1.29, 1.82) is 0 Å². The van der Waals surface area contributed by atoms with E-state index in [-0.39, 0.29) is 12.4 Å². The second-order valence-electron chi connectivity index (χ2n) is 1.55. The van der Waals surface area contributed by atoms with Crippen molar-refractivity contribution >= 4 is 18.4 Å². The molecule has 0 saturated heterocycles. The summed E-state index contributed by atoms with van der Waals surface area (Å²) in [6, 6.07) is 0. The lowest BCUT2D eigenvalue weighted by Gasteiger charge is -1.89. The van der Waals surface area contributed by atoms with Crippen molar-refractivity contribution < 1.29 is 29.3 Å². The van der Waals surface area contributed by atoms with E-state index in [1.54, 1.807) is 6.92 Å². The van der Waals surface area contributed by atoms with E-state index in [2.05, 4.69) is 4.74 Å². The molecule has 0 aromatic rings. The van der Waals surface area contributed by atoms with Gasteiger partial charge in [0.2, 0.25) is 0 Å². The molecule has 0 fully saturated rings. The van der Waals surface area contributed by atoms with E-state index in [4.69, 9.17) is 19.8 Å². The molecule has 0 heterocycles. The van der Waals surface area contributed by atoms with Crippen LogP contribution in [0.25, 0.3) is 0 Å². The first kappa shape index (κ1) is 17.5. The molecule has 0 amide bonds. The summed E-state index contributed by atoms with van der Waals surface area (Å²) in [6.07, 6.45) is 0. The second-order valence-corrected chi connectivity index (χ2v) is 1.55. The van der Waals surface area contributed by atoms with Crippen LogP contribution in [0, 0.1) is 0 Å². The highest BCUT2D eigenvalue weighted by Crippen LogP contribution is 1.69. The lowest BCUT2D eigenvalue weighted by molar-refractivity contribution is -0.140. The van der Waals surface area contributed by atoms with Gasteiger partial charge in [0.25, 0.3) is 12.4 Å². The molecule has 0 bridgehead atoms. The Kier molecular flexibility index (Phi) is 22.6. The van der Waals surface area contributed by atoms with Crippen molar-refractivity contribution in [2.24, 2.45) is 0 Å². The summed E-state index contributed by atoms with van der Waals surface area (Å²) in [5.74, 6) is -1.04. The van der Waals surface area contributed by atoms with E-state index in [1.807, 2.05) is 0 Å². The number of carbonyl (C=O) groups excluding carboxylic acids is 1. The molecule has 0 unspecified atom stereocenters. The lowest BCUT2D eigenvalue weighted by Crippen LogP contribution is -1.95. The quantitative estimate of drug-likeness (QED) is 0.461. The van der Waals surface area contributed by atoms with Crippen LogP contribution in [0.15, 0.2) is 0 Å². The Labute approximate surface area is 76.1 Å². The third-order valence-corrected chi connectivity index (χ3v) is 0.348. The highest BCUT2D eigenvalue weighted by molar-refractivity contribution is 5.65. The van der Waals surface area contributed by atoms with Crippen molar-refractivity contribution in [3.05, 3.63) is 0 Å². The smallest absolute Gasteiger partial charge is 0.302 e. The van der Waals surface area contributed by atoms with Gasteiger partial charge in [-0.1, -0.05) is 0 Å². The number of hydrogen-bond acceptors (Lipinski definition) is 4. The average Bonchev–Trinajstić information content (AvgIpc) is 1.86. The summed E-state index contributed by atoms with van der Waals surface area (Å²) in [5, 5.41) is 14.3. The van der Waals surface area contributed by atoms with Crippen LogP contribution in [-0.2, 0) is 19.1 Å². The molecule has 0 spiro atoms. The molecule has 6 heteroatoms. The van der Waals surface area contributed by atoms with Crippen molar-refractivity contribution in [2.45, 2.75) is 20.8 Å². The van der Waals surface area contributed by atoms with Crippen LogP contribution in [0.5, 0.6) is 0 Å². The van der Waals surface area contributed by atoms with Crippen LogP contribution in [0.4, 0.5) is 0 Å². The van der Waals surface area contributed by atoms with Crippen LogP contribution >= 0.6 is 0 Å². The molecular formula is C7H14O6. The number of esters is 1. The van der Waals surface area contributed by atoms with E-state index in [0.717, 1.165) is 6.92 Å². The Bertz CT molecular complexity index is 138. The molecular weight excluding hydrogens is 180 g/mol. The molecule has 78 valence electrons. The molecule has 2 N–H and O–H groups in total. The molecule has 0 radical (unpaired) electrons. The highest BCUT2D eigenvalue weighted by Gasteiger charge is 1.81. The minimum atomic E-state index is -0.833. The maximum Gasteiger partial charge on any atom is 0.302 e. The maximum absolute atomic E-state index is 9.82. The van der Waals surface area contributed by atoms with Crippen LogP contribution in [0.3, 0.4) is 0 Å². The number of carboxylic acid groups (broad SMARTS) is 2. The predicted octanol–water partition coefficient (Wildman–Crippen LogP) is 0.361. The number of hydrogen-bond donors (Lipinski definition) is 2. The molecule has 0 aliphatic heterocycles. The van der Waals surface area contributed by atoms with Crippen LogP contribution < -0.4 is 0 Å². The fourth-order valence-electron chi connectivity index (χ4n) is 0.203. The molecule has 6 nitrogen and oxygen atoms in total. The van der Waals surface area contributed by atoms with Gasteiger partial charge in [0.1, 0.15) is 0 Å². The molecule has 0 atom stereocenters. The molecule has 0 rings (SSSR count). The first-order valence-electron chi connectivity index (χ1n) is 3.33. The minimum Gasteiger partial charge on any atom is -0.483 e. The molecule has 0 aromatic heterocycles. The highest BCUT2D eigenvalue weighted by atomic mass is 16.5. The van der Waals surface area contributed by atoms with Gasteiger partial charge in [-0.05, 0) is 6.92 Å². The summed E-state index contributed by atoms with van der Waals surface area (Å²) in [7, 11) is 0. The topological polar surface area (TPSA) is 101 Å². The van der Waals surface area contributed by atoms with E-state index < -0.39 is 5.97 Å². The van der Waals surface area contributed by atoms with Gasteiger partial charge in [-0.25, -0.2) is 0 Å². The Hall–Kier alpha value is -1.59. The van der Waals surface area contributed by atoms with Gasteiger partial charge in [-0.2, -0.15) is 0 Å². The largest absolute Gasteiger partial charge is 0.483 e. The SMILES string of the molecule is CC(=O)O.CCOC(C)=O.O=CO. The van der Waals surface area contributed by atoms with E-state index in [0.29, 0.717) is 6.61 Å². The standard InChI is InChI=1S/C4H8O2.C2H4O2.CH2O2/c1-3-6-4(2)5;1-2(3)4;2-1-3/h3H2,1-2H3;1H3,(H,3,4);1H,(H,2,3). The van der Waals surface area contributed by atoms with Crippen molar-refractivity contribution in [3.8, 4) is 0 Å². The maximum atomic E-state index is 9.82. The first-order valence-corrected chi connectivity index (χ1v) is 3.33. The van der Waals surface area contributed by atoms with Crippen LogP contribution in [-0.4, -0.2) is 35.2 Å². The normalized spacial score (nSPS) is 6.38. The van der Waals surface area contributed by atoms with Gasteiger partial charge in [0.15, 0.2) is 0 Å². The molecule has 0 aromatic carbocycles. The van der Waals surface area contributed by atoms with Crippen molar-refractivity contribution in [2.75, 3.05) is 6.61 Å². The fraction of sp³-hybridized carbons (Fsp3) is 0.571. The number of rotatable bonds is 1. The van der Waals surface area contributed by atoms with Crippen molar-refractivity contribution in [3.63, 3.8) is 0 Å². The summed E-state index contributed by atoms with van der Waals surface area (Å²) < 4.78 is 4.40. The number of ether oxygens (including phenoxy) is 1. The van der Waals surface area contributed by atoms with Gasteiger partial charge in [-0.3, -0.25) is 14.4 Å². The zero-order chi connectivity index (χ0) is 11.3. The Morgan fingerprint density at radius 3 is 1.62 bits per heavy atom. The van der Waals surface area contributed by atoms with Crippen LogP contribution in [0.2, 0.25) is 0 Å². The van der Waals surface area contributed by atoms with Gasteiger partial charge < -0.3 is 14.9 Å². The molecule has 0 aliphatic rings. The zero-order valence-corrected chi connectivity index (χ0v) is 7.81. The molecule has 13 heavy (non-hydrogen) atoms. The lowest BCUT2D eigenvalue weighted by atomic mass is 10.8.